The van der Waals surface area contributed by atoms with Crippen molar-refractivity contribution in [3.05, 3.63) is 102 Å². The molecule has 0 saturated heterocycles. The molecule has 0 saturated carbocycles. The number of hydrogen-bond donors (Lipinski definition) is 0. The molecule has 0 bridgehead atoms. The molecule has 4 rings (SSSR count). The molecule has 0 fully saturated rings. The van der Waals surface area contributed by atoms with Crippen LogP contribution < -0.4 is 4.90 Å². The molecule has 0 aromatic heterocycles. The molecule has 0 radical (unpaired) electrons. The van der Waals surface area contributed by atoms with Crippen molar-refractivity contribution in [2.75, 3.05) is 18.0 Å². The van der Waals surface area contributed by atoms with Crippen LogP contribution in [-0.2, 0) is 24.3 Å². The lowest BCUT2D eigenvalue weighted by atomic mass is 10.00. The Labute approximate surface area is 160 Å². The van der Waals surface area contributed by atoms with Gasteiger partial charge in [-0.1, -0.05) is 72.8 Å². The molecular formula is C24H24N2O. The molecule has 0 N–H and O–H groups in total. The summed E-state index contributed by atoms with van der Waals surface area (Å²) in [5.74, 6) is 0.185. The van der Waals surface area contributed by atoms with Crippen molar-refractivity contribution >= 4 is 11.6 Å². The van der Waals surface area contributed by atoms with Gasteiger partial charge in [0.2, 0.25) is 5.91 Å². The molecule has 3 heteroatoms. The van der Waals surface area contributed by atoms with E-state index in [0.717, 1.165) is 25.2 Å². The first kappa shape index (κ1) is 17.3. The zero-order valence-electron chi connectivity index (χ0n) is 15.4. The maximum absolute atomic E-state index is 13.1. The summed E-state index contributed by atoms with van der Waals surface area (Å²) in [6.07, 6.45) is 0.936. The molecule has 1 amide bonds. The van der Waals surface area contributed by atoms with E-state index in [1.54, 1.807) is 0 Å². The van der Waals surface area contributed by atoms with Crippen LogP contribution in [0.3, 0.4) is 0 Å². The van der Waals surface area contributed by atoms with E-state index in [0.29, 0.717) is 13.1 Å². The summed E-state index contributed by atoms with van der Waals surface area (Å²) in [6, 6.07) is 29.0. The fraction of sp³-hybridized carbons (Fsp3) is 0.208. The van der Waals surface area contributed by atoms with E-state index in [9.17, 15) is 4.79 Å². The SMILES string of the molecule is O=C(CN(Cc1ccccc1)c1ccccc1)N1CCc2ccccc2C1. The van der Waals surface area contributed by atoms with Crippen molar-refractivity contribution in [2.24, 2.45) is 0 Å². The van der Waals surface area contributed by atoms with Crippen molar-refractivity contribution in [3.63, 3.8) is 0 Å². The molecule has 3 aromatic carbocycles. The standard InChI is InChI=1S/C24H24N2O/c27-24(25-16-15-21-11-7-8-12-22(21)18-25)19-26(23-13-5-2-6-14-23)17-20-9-3-1-4-10-20/h1-14H,15-19H2. The van der Waals surface area contributed by atoms with Crippen LogP contribution in [0.1, 0.15) is 16.7 Å². The van der Waals surface area contributed by atoms with Crippen LogP contribution in [0.4, 0.5) is 5.69 Å². The van der Waals surface area contributed by atoms with Crippen molar-refractivity contribution in [2.45, 2.75) is 19.5 Å². The smallest absolute Gasteiger partial charge is 0.242 e. The molecule has 136 valence electrons. The van der Waals surface area contributed by atoms with Crippen molar-refractivity contribution in [1.82, 2.24) is 4.90 Å². The lowest BCUT2D eigenvalue weighted by Crippen LogP contribution is -2.42. The molecule has 0 spiro atoms. The van der Waals surface area contributed by atoms with E-state index in [1.807, 2.05) is 41.3 Å². The van der Waals surface area contributed by atoms with Gasteiger partial charge in [0.05, 0.1) is 6.54 Å². The van der Waals surface area contributed by atoms with Crippen LogP contribution in [-0.4, -0.2) is 23.9 Å². The Morgan fingerprint density at radius 1 is 0.815 bits per heavy atom. The second-order valence-electron chi connectivity index (χ2n) is 7.01. The molecule has 1 aliphatic heterocycles. The summed E-state index contributed by atoms with van der Waals surface area (Å²) in [6.45, 7) is 2.62. The second kappa shape index (κ2) is 8.09. The van der Waals surface area contributed by atoms with Gasteiger partial charge in [0, 0.05) is 25.3 Å². The lowest BCUT2D eigenvalue weighted by molar-refractivity contribution is -0.130. The molecule has 3 nitrogen and oxygen atoms in total. The monoisotopic (exact) mass is 356 g/mol. The second-order valence-corrected chi connectivity index (χ2v) is 7.01. The molecule has 0 unspecified atom stereocenters. The highest BCUT2D eigenvalue weighted by Crippen LogP contribution is 2.21. The summed E-state index contributed by atoms with van der Waals surface area (Å²) < 4.78 is 0. The van der Waals surface area contributed by atoms with Crippen LogP contribution >= 0.6 is 0 Å². The van der Waals surface area contributed by atoms with Gasteiger partial charge in [-0.2, -0.15) is 0 Å². The maximum atomic E-state index is 13.1. The Bertz CT molecular complexity index is 893. The Kier molecular flexibility index (Phi) is 5.20. The van der Waals surface area contributed by atoms with Gasteiger partial charge in [-0.3, -0.25) is 4.79 Å². The Hall–Kier alpha value is -3.07. The average molecular weight is 356 g/mol. The van der Waals surface area contributed by atoms with Gasteiger partial charge in [0.1, 0.15) is 0 Å². The summed E-state index contributed by atoms with van der Waals surface area (Å²) >= 11 is 0. The number of benzene rings is 3. The molecule has 27 heavy (non-hydrogen) atoms. The van der Waals surface area contributed by atoms with E-state index in [-0.39, 0.29) is 5.91 Å². The largest absolute Gasteiger partial charge is 0.358 e. The van der Waals surface area contributed by atoms with Gasteiger partial charge in [-0.15, -0.1) is 0 Å². The highest BCUT2D eigenvalue weighted by Gasteiger charge is 2.22. The molecule has 3 aromatic rings. The predicted molar refractivity (Wildman–Crippen MR) is 109 cm³/mol. The highest BCUT2D eigenvalue weighted by atomic mass is 16.2. The van der Waals surface area contributed by atoms with Gasteiger partial charge in [-0.05, 0) is 35.2 Å². The Balaban J connectivity index is 1.50. The maximum Gasteiger partial charge on any atom is 0.242 e. The number of anilines is 1. The third kappa shape index (κ3) is 4.20. The minimum atomic E-state index is 0.185. The van der Waals surface area contributed by atoms with Crippen molar-refractivity contribution in [1.29, 1.82) is 0 Å². The average Bonchev–Trinajstić information content (AvgIpc) is 2.74. The van der Waals surface area contributed by atoms with Crippen molar-refractivity contribution in [3.8, 4) is 0 Å². The molecule has 0 atom stereocenters. The fourth-order valence-corrected chi connectivity index (χ4v) is 3.65. The van der Waals surface area contributed by atoms with E-state index >= 15 is 0 Å². The van der Waals surface area contributed by atoms with Crippen LogP contribution in [0.5, 0.6) is 0 Å². The summed E-state index contributed by atoms with van der Waals surface area (Å²) in [7, 11) is 0. The van der Waals surface area contributed by atoms with Crippen LogP contribution in [0, 0.1) is 0 Å². The van der Waals surface area contributed by atoms with Crippen LogP contribution in [0.2, 0.25) is 0 Å². The van der Waals surface area contributed by atoms with E-state index in [1.165, 1.54) is 16.7 Å². The normalized spacial score (nSPS) is 13.1. The number of carbonyl (C=O) groups excluding carboxylic acids is 1. The first-order chi connectivity index (χ1) is 13.3. The number of carbonyl (C=O) groups is 1. The Morgan fingerprint density at radius 2 is 1.44 bits per heavy atom. The topological polar surface area (TPSA) is 23.6 Å². The van der Waals surface area contributed by atoms with Gasteiger partial charge in [0.15, 0.2) is 0 Å². The lowest BCUT2D eigenvalue weighted by Gasteiger charge is -2.32. The third-order valence-electron chi connectivity index (χ3n) is 5.15. The third-order valence-corrected chi connectivity index (χ3v) is 5.15. The van der Waals surface area contributed by atoms with E-state index < -0.39 is 0 Å². The number of fused-ring (bicyclic) bond motifs is 1. The fourth-order valence-electron chi connectivity index (χ4n) is 3.65. The molecule has 1 aliphatic rings. The van der Waals surface area contributed by atoms with Gasteiger partial charge >= 0.3 is 0 Å². The first-order valence-electron chi connectivity index (χ1n) is 9.48. The number of hydrogen-bond acceptors (Lipinski definition) is 2. The summed E-state index contributed by atoms with van der Waals surface area (Å²) in [4.78, 5) is 17.2. The number of amides is 1. The number of para-hydroxylation sites is 1. The molecule has 0 aliphatic carbocycles. The van der Waals surface area contributed by atoms with Gasteiger partial charge in [0.25, 0.3) is 0 Å². The minimum absolute atomic E-state index is 0.185. The summed E-state index contributed by atoms with van der Waals surface area (Å²) in [5.41, 5.74) is 4.92. The van der Waals surface area contributed by atoms with Crippen LogP contribution in [0.25, 0.3) is 0 Å². The predicted octanol–water partition coefficient (Wildman–Crippen LogP) is 4.28. The van der Waals surface area contributed by atoms with E-state index in [4.69, 9.17) is 0 Å². The zero-order valence-corrected chi connectivity index (χ0v) is 15.4. The van der Waals surface area contributed by atoms with Crippen LogP contribution in [0.15, 0.2) is 84.9 Å². The molecular weight excluding hydrogens is 332 g/mol. The number of nitrogens with zero attached hydrogens (tertiary/aromatic N) is 2. The summed E-state index contributed by atoms with van der Waals surface area (Å²) in [5, 5.41) is 0. The molecule has 1 heterocycles. The highest BCUT2D eigenvalue weighted by molar-refractivity contribution is 5.81. The quantitative estimate of drug-likeness (QED) is 0.681. The van der Waals surface area contributed by atoms with E-state index in [2.05, 4.69) is 53.4 Å². The van der Waals surface area contributed by atoms with Gasteiger partial charge < -0.3 is 9.80 Å². The first-order valence-corrected chi connectivity index (χ1v) is 9.48. The number of rotatable bonds is 5. The Morgan fingerprint density at radius 3 is 2.19 bits per heavy atom. The van der Waals surface area contributed by atoms with Crippen molar-refractivity contribution < 1.29 is 4.79 Å². The zero-order chi connectivity index (χ0) is 18.5. The minimum Gasteiger partial charge on any atom is -0.358 e. The van der Waals surface area contributed by atoms with Gasteiger partial charge in [-0.25, -0.2) is 0 Å².